The van der Waals surface area contributed by atoms with Gasteiger partial charge in [0.2, 0.25) is 0 Å². The molecule has 0 atom stereocenters. The number of nitrogens with one attached hydrogen (secondary N) is 1. The first-order valence-corrected chi connectivity index (χ1v) is 27.1. The Kier molecular flexibility index (Phi) is 18.8. The number of rotatable bonds is 13. The van der Waals surface area contributed by atoms with Crippen molar-refractivity contribution < 1.29 is 70.9 Å². The molecule has 25 nitrogen and oxygen atoms in total. The standard InChI is InChI=1S/C50H41N9O10S2.2O3S/c1-27-19-36(12-16-39(27)54-52-35-13-17-40(28(2)20-35)55-59-44-26-38-31(25-48(44)71(66,67)68)7-6-8-47(38)70(63,64)65)53-57-42-21-30(4)43(22-29(42)3)58-56-41-15-9-32-23-34(11-14-37(32)49(41)61)51-50(62)33-10-18-45(60)46(24-33)69-5;2*1-4(2)3/h6-26,60-61H,1-5H3,(H,51,62)(H,63,64,65)(H,66,67,68);;. The van der Waals surface area contributed by atoms with Crippen molar-refractivity contribution in [3.8, 4) is 17.2 Å². The molecule has 5 N–H and O–H groups in total. The van der Waals surface area contributed by atoms with E-state index in [1.807, 2.05) is 39.0 Å². The van der Waals surface area contributed by atoms with Crippen LogP contribution in [0, 0.1) is 27.7 Å². The molecule has 0 aromatic heterocycles. The molecule has 0 aliphatic carbocycles. The number of carbonyl (C=O) groups excluding carboxylic acids is 1. The largest absolute Gasteiger partial charge is 0.505 e. The number of ether oxygens (including phenoxy) is 1. The maximum Gasteiger partial charge on any atom is 0.425 e. The zero-order valence-corrected chi connectivity index (χ0v) is 44.8. The number of phenols is 2. The second-order valence-electron chi connectivity index (χ2n) is 16.5. The van der Waals surface area contributed by atoms with Gasteiger partial charge in [0.1, 0.15) is 21.2 Å². The van der Waals surface area contributed by atoms with Crippen molar-refractivity contribution in [3.05, 3.63) is 155 Å². The van der Waals surface area contributed by atoms with Gasteiger partial charge in [-0.05, 0) is 170 Å². The quantitative estimate of drug-likeness (QED) is 0.0529. The highest BCUT2D eigenvalue weighted by molar-refractivity contribution is 7.86. The Labute approximate surface area is 452 Å². The number of hydrogen-bond donors (Lipinski definition) is 5. The summed E-state index contributed by atoms with van der Waals surface area (Å²) in [5.74, 6) is -0.388. The SMILES string of the molecule is COc1cc(C(=O)Nc2ccc3c(O)c(N=Nc4cc(C)c(N=Nc5ccc(N=Nc6ccc(N=Nc7cc8c(S(=O)(=O)O)cccc8cc7S(=O)(=O)O)c(C)c6)c(C)c5)cc4C)ccc3c2)ccc1O.O=S(=O)=O.O=S(=O)=O. The van der Waals surface area contributed by atoms with Crippen molar-refractivity contribution in [2.24, 2.45) is 40.9 Å². The number of azo groups is 4. The molecule has 0 fully saturated rings. The van der Waals surface area contributed by atoms with E-state index in [1.165, 1.54) is 37.4 Å². The van der Waals surface area contributed by atoms with Crippen LogP contribution in [0.2, 0.25) is 0 Å². The fraction of sp³-hybridized carbons (Fsp3) is 0.100. The Morgan fingerprint density at radius 3 is 1.51 bits per heavy atom. The number of amides is 1. The van der Waals surface area contributed by atoms with Crippen LogP contribution in [0.15, 0.2) is 178 Å². The van der Waals surface area contributed by atoms with Crippen LogP contribution in [0.4, 0.5) is 51.2 Å². The van der Waals surface area contributed by atoms with Crippen molar-refractivity contribution in [2.75, 3.05) is 12.4 Å². The number of nitrogens with zero attached hydrogens (tertiary/aromatic N) is 8. The average Bonchev–Trinajstić information content (AvgIpc) is 3.52. The molecule has 0 aliphatic rings. The van der Waals surface area contributed by atoms with E-state index in [1.54, 1.807) is 67.6 Å². The van der Waals surface area contributed by atoms with Crippen LogP contribution in [-0.4, -0.2) is 74.4 Å². The number of fused-ring (bicyclic) bond motifs is 2. The van der Waals surface area contributed by atoms with Crippen LogP contribution >= 0.6 is 0 Å². The van der Waals surface area contributed by atoms with Crippen LogP contribution in [0.25, 0.3) is 21.5 Å². The number of phenolic OH excluding ortho intramolecular Hbond substituents is 2. The van der Waals surface area contributed by atoms with Crippen LogP contribution in [0.3, 0.4) is 0 Å². The Balaban J connectivity index is 0.00000118. The molecule has 0 saturated heterocycles. The van der Waals surface area contributed by atoms with Gasteiger partial charge in [-0.25, -0.2) is 0 Å². The summed E-state index contributed by atoms with van der Waals surface area (Å²) in [6.07, 6.45) is 0. The van der Waals surface area contributed by atoms with Gasteiger partial charge in [0.05, 0.1) is 41.2 Å². The predicted octanol–water partition coefficient (Wildman–Crippen LogP) is 12.0. The maximum absolute atomic E-state index is 12.9. The summed E-state index contributed by atoms with van der Waals surface area (Å²) in [5.41, 5.74) is 6.74. The van der Waals surface area contributed by atoms with Crippen LogP contribution < -0.4 is 10.1 Å². The third-order valence-corrected chi connectivity index (χ3v) is 12.9. The van der Waals surface area contributed by atoms with E-state index in [-0.39, 0.29) is 39.4 Å². The normalized spacial score (nSPS) is 11.7. The first kappa shape index (κ1) is 58.9. The molecule has 1 amide bonds. The third-order valence-electron chi connectivity index (χ3n) is 11.1. The van der Waals surface area contributed by atoms with Gasteiger partial charge >= 0.3 is 21.2 Å². The highest BCUT2D eigenvalue weighted by Gasteiger charge is 2.21. The number of carbonyl (C=O) groups is 1. The predicted molar refractivity (Wildman–Crippen MR) is 286 cm³/mol. The molecule has 0 bridgehead atoms. The van der Waals surface area contributed by atoms with E-state index in [2.05, 4.69) is 46.2 Å². The van der Waals surface area contributed by atoms with E-state index in [4.69, 9.17) is 30.0 Å². The Morgan fingerprint density at radius 1 is 0.481 bits per heavy atom. The molecule has 406 valence electrons. The molecule has 79 heavy (non-hydrogen) atoms. The fourth-order valence-electron chi connectivity index (χ4n) is 7.32. The first-order chi connectivity index (χ1) is 37.2. The van der Waals surface area contributed by atoms with Gasteiger partial charge in [-0.3, -0.25) is 13.9 Å². The van der Waals surface area contributed by atoms with Gasteiger partial charge in [0.15, 0.2) is 17.2 Å². The summed E-state index contributed by atoms with van der Waals surface area (Å²) in [6, 6.07) is 32.7. The fourth-order valence-corrected chi connectivity index (χ4v) is 8.67. The molecule has 0 heterocycles. The summed E-state index contributed by atoms with van der Waals surface area (Å²) in [5, 5.41) is 59.7. The van der Waals surface area contributed by atoms with Crippen molar-refractivity contribution in [1.82, 2.24) is 0 Å². The molecule has 0 saturated carbocycles. The van der Waals surface area contributed by atoms with E-state index < -0.39 is 57.2 Å². The molecule has 8 aromatic rings. The van der Waals surface area contributed by atoms with Gasteiger partial charge in [0, 0.05) is 22.0 Å². The van der Waals surface area contributed by atoms with Gasteiger partial charge in [0.25, 0.3) is 26.1 Å². The molecule has 8 aromatic carbocycles. The second-order valence-corrected chi connectivity index (χ2v) is 20.1. The zero-order chi connectivity index (χ0) is 57.9. The topological polar surface area (TPSA) is 389 Å². The van der Waals surface area contributed by atoms with Gasteiger partial charge in [-0.1, -0.05) is 18.2 Å². The van der Waals surface area contributed by atoms with Crippen molar-refractivity contribution in [1.29, 1.82) is 0 Å². The molecule has 0 radical (unpaired) electrons. The lowest BCUT2D eigenvalue weighted by molar-refractivity contribution is 0.102. The highest BCUT2D eigenvalue weighted by atomic mass is 32.2. The summed E-state index contributed by atoms with van der Waals surface area (Å²) in [4.78, 5) is 11.8. The number of benzene rings is 8. The average molecular weight is 1150 g/mol. The van der Waals surface area contributed by atoms with E-state index in [0.717, 1.165) is 34.9 Å². The lowest BCUT2D eigenvalue weighted by Crippen LogP contribution is -2.11. The monoisotopic (exact) mass is 1150 g/mol. The number of aromatic hydroxyl groups is 2. The van der Waals surface area contributed by atoms with Gasteiger partial charge in [-0.2, -0.15) is 47.5 Å². The van der Waals surface area contributed by atoms with Crippen LogP contribution in [-0.2, 0) is 41.5 Å². The molecule has 8 rings (SSSR count). The van der Waals surface area contributed by atoms with Crippen molar-refractivity contribution >= 4 is 120 Å². The number of hydrogen-bond acceptors (Lipinski definition) is 22. The van der Waals surface area contributed by atoms with Crippen LogP contribution in [0.1, 0.15) is 32.6 Å². The second kappa shape index (κ2) is 25.2. The summed E-state index contributed by atoms with van der Waals surface area (Å²) >= 11 is 0. The van der Waals surface area contributed by atoms with Crippen LogP contribution in [0.5, 0.6) is 17.2 Å². The zero-order valence-electron chi connectivity index (χ0n) is 41.5. The van der Waals surface area contributed by atoms with E-state index >= 15 is 0 Å². The summed E-state index contributed by atoms with van der Waals surface area (Å²) in [6.45, 7) is 7.31. The minimum atomic E-state index is -4.81. The van der Waals surface area contributed by atoms with E-state index in [9.17, 15) is 40.9 Å². The lowest BCUT2D eigenvalue weighted by Gasteiger charge is -2.10. The molecular formula is C50H41N9O16S4. The Hall–Kier alpha value is -9.39. The molecule has 0 spiro atoms. The smallest absolute Gasteiger partial charge is 0.425 e. The number of methoxy groups -OCH3 is 1. The molecule has 0 aliphatic heterocycles. The van der Waals surface area contributed by atoms with Crippen molar-refractivity contribution in [2.45, 2.75) is 37.5 Å². The molecule has 29 heteroatoms. The summed E-state index contributed by atoms with van der Waals surface area (Å²) < 4.78 is 124. The summed E-state index contributed by atoms with van der Waals surface area (Å²) in [7, 11) is -14.3. The Bertz CT molecular complexity index is 4310. The van der Waals surface area contributed by atoms with E-state index in [0.29, 0.717) is 61.7 Å². The number of anilines is 1. The third kappa shape index (κ3) is 15.6. The maximum atomic E-state index is 12.9. The van der Waals surface area contributed by atoms with Gasteiger partial charge in [-0.15, -0.1) is 35.5 Å². The lowest BCUT2D eigenvalue weighted by atomic mass is 10.1. The molecule has 0 unspecified atom stereocenters. The van der Waals surface area contributed by atoms with Gasteiger partial charge < -0.3 is 20.3 Å². The molecular weight excluding hydrogens is 1110 g/mol. The minimum absolute atomic E-state index is 0.0193. The number of aryl methyl sites for hydroxylation is 4. The van der Waals surface area contributed by atoms with Crippen molar-refractivity contribution in [3.63, 3.8) is 0 Å². The first-order valence-electron chi connectivity index (χ1n) is 22.2. The Morgan fingerprint density at radius 2 is 0.962 bits per heavy atom. The minimum Gasteiger partial charge on any atom is -0.505 e. The highest BCUT2D eigenvalue weighted by Crippen LogP contribution is 2.39.